The van der Waals surface area contributed by atoms with Crippen molar-refractivity contribution in [1.82, 2.24) is 0 Å². The maximum absolute atomic E-state index is 14.1. The summed E-state index contributed by atoms with van der Waals surface area (Å²) in [5, 5.41) is 2.01. The number of carbonyl (C=O) groups is 1. The number of benzene rings is 3. The average molecular weight is 627 g/mol. The second kappa shape index (κ2) is 16.0. The monoisotopic (exact) mass is 626 g/mol. The Morgan fingerprint density at radius 2 is 1.57 bits per heavy atom. The molecule has 6 nitrogen and oxygen atoms in total. The number of carbonyl (C=O) groups excluding carboxylic acids is 1. The zero-order valence-corrected chi connectivity index (χ0v) is 28.8. The van der Waals surface area contributed by atoms with Gasteiger partial charge in [-0.1, -0.05) is 71.3 Å². The average Bonchev–Trinajstić information content (AvgIpc) is 3.06. The Kier molecular flexibility index (Phi) is 12.1. The maximum Gasteiger partial charge on any atom is 0.343 e. The summed E-state index contributed by atoms with van der Waals surface area (Å²) in [7, 11) is 6.48. The Morgan fingerprint density at radius 1 is 0.870 bits per heavy atom. The molecule has 3 atom stereocenters. The molecule has 0 radical (unpaired) electrons. The van der Waals surface area contributed by atoms with Crippen LogP contribution in [0.4, 0.5) is 0 Å². The number of rotatable bonds is 14. The van der Waals surface area contributed by atoms with Gasteiger partial charge < -0.3 is 23.7 Å². The van der Waals surface area contributed by atoms with Crippen LogP contribution in [0.25, 0.3) is 10.8 Å². The normalized spacial score (nSPS) is 17.9. The van der Waals surface area contributed by atoms with Crippen molar-refractivity contribution in [3.63, 3.8) is 0 Å². The van der Waals surface area contributed by atoms with Crippen molar-refractivity contribution in [3.8, 4) is 17.2 Å². The zero-order valence-electron chi connectivity index (χ0n) is 28.8. The molecule has 0 amide bonds. The molecule has 6 heteroatoms. The van der Waals surface area contributed by atoms with Crippen LogP contribution in [0.2, 0.25) is 0 Å². The van der Waals surface area contributed by atoms with Crippen molar-refractivity contribution in [2.45, 2.75) is 83.8 Å². The third-order valence-electron chi connectivity index (χ3n) is 9.03. The van der Waals surface area contributed by atoms with Crippen LogP contribution in [0.5, 0.6) is 17.2 Å². The molecule has 0 aliphatic heterocycles. The highest BCUT2D eigenvalue weighted by Crippen LogP contribution is 2.45. The van der Waals surface area contributed by atoms with E-state index in [1.807, 2.05) is 54.6 Å². The standard InChI is InChI=1S/C40H50O6/c1-27(2)14-11-15-28(3)16-12-17-29-22-31(34-25-37(43-6)38(44-7)26-36(34)42-5)24-32(23-29)46-39(41)40(4,45-8)35-21-13-19-30-18-9-10-20-33(30)35/h9-10,13-14,16,18-21,23,25-26,31-32H,11-12,15,17,22,24H2,1-8H3/b28-16+/t31-,32+,40-/m0/s1. The molecule has 0 spiro atoms. The fourth-order valence-electron chi connectivity index (χ4n) is 6.34. The number of hydrogen-bond acceptors (Lipinski definition) is 6. The third-order valence-corrected chi connectivity index (χ3v) is 9.03. The van der Waals surface area contributed by atoms with Gasteiger partial charge in [0.15, 0.2) is 17.1 Å². The first-order chi connectivity index (χ1) is 22.1. The predicted octanol–water partition coefficient (Wildman–Crippen LogP) is 9.62. The summed E-state index contributed by atoms with van der Waals surface area (Å²) in [6, 6.07) is 17.8. The molecule has 1 aliphatic rings. The molecular formula is C40H50O6. The number of fused-ring (bicyclic) bond motifs is 1. The van der Waals surface area contributed by atoms with E-state index in [0.717, 1.165) is 59.8 Å². The van der Waals surface area contributed by atoms with Gasteiger partial charge in [-0.2, -0.15) is 0 Å². The first-order valence-corrected chi connectivity index (χ1v) is 16.2. The molecule has 0 fully saturated rings. The van der Waals surface area contributed by atoms with Crippen molar-refractivity contribution in [2.75, 3.05) is 28.4 Å². The largest absolute Gasteiger partial charge is 0.496 e. The third kappa shape index (κ3) is 8.21. The fourth-order valence-corrected chi connectivity index (χ4v) is 6.34. The minimum absolute atomic E-state index is 0.0432. The quantitative estimate of drug-likeness (QED) is 0.131. The molecule has 1 aliphatic carbocycles. The van der Waals surface area contributed by atoms with Gasteiger partial charge in [0.25, 0.3) is 0 Å². The van der Waals surface area contributed by atoms with Gasteiger partial charge in [0.05, 0.1) is 21.3 Å². The number of ether oxygens (including phenoxy) is 5. The van der Waals surface area contributed by atoms with Gasteiger partial charge in [-0.3, -0.25) is 0 Å². The second-order valence-corrected chi connectivity index (χ2v) is 12.5. The predicted molar refractivity (Wildman–Crippen MR) is 186 cm³/mol. The molecule has 0 saturated carbocycles. The highest BCUT2D eigenvalue weighted by atomic mass is 16.6. The van der Waals surface area contributed by atoms with Gasteiger partial charge in [0, 0.05) is 24.3 Å². The number of hydrogen-bond donors (Lipinski definition) is 0. The highest BCUT2D eigenvalue weighted by molar-refractivity contribution is 5.92. The van der Waals surface area contributed by atoms with Gasteiger partial charge in [-0.05, 0) is 95.1 Å². The van der Waals surface area contributed by atoms with E-state index in [0.29, 0.717) is 17.9 Å². The molecule has 246 valence electrons. The Bertz CT molecular complexity index is 1590. The van der Waals surface area contributed by atoms with Crippen molar-refractivity contribution in [1.29, 1.82) is 0 Å². The molecule has 46 heavy (non-hydrogen) atoms. The van der Waals surface area contributed by atoms with Crippen LogP contribution in [0.1, 0.15) is 83.3 Å². The molecule has 0 heterocycles. The van der Waals surface area contributed by atoms with Crippen LogP contribution in [0.3, 0.4) is 0 Å². The summed E-state index contributed by atoms with van der Waals surface area (Å²) in [4.78, 5) is 14.1. The summed E-state index contributed by atoms with van der Waals surface area (Å²) in [5.41, 5.74) is 4.49. The van der Waals surface area contributed by atoms with Crippen LogP contribution in [-0.2, 0) is 19.9 Å². The van der Waals surface area contributed by atoms with Crippen LogP contribution >= 0.6 is 0 Å². The lowest BCUT2D eigenvalue weighted by atomic mass is 9.80. The summed E-state index contributed by atoms with van der Waals surface area (Å²) >= 11 is 0. The van der Waals surface area contributed by atoms with Crippen molar-refractivity contribution >= 4 is 16.7 Å². The summed E-state index contributed by atoms with van der Waals surface area (Å²) in [5.74, 6) is 1.60. The van der Waals surface area contributed by atoms with Gasteiger partial charge in [-0.25, -0.2) is 4.79 Å². The van der Waals surface area contributed by atoms with E-state index >= 15 is 0 Å². The molecule has 0 N–H and O–H groups in total. The van der Waals surface area contributed by atoms with Crippen LogP contribution < -0.4 is 14.2 Å². The van der Waals surface area contributed by atoms with Crippen LogP contribution in [0, 0.1) is 0 Å². The topological polar surface area (TPSA) is 63.2 Å². The van der Waals surface area contributed by atoms with Gasteiger partial charge >= 0.3 is 5.97 Å². The van der Waals surface area contributed by atoms with E-state index < -0.39 is 17.7 Å². The Balaban J connectivity index is 1.64. The minimum Gasteiger partial charge on any atom is -0.496 e. The van der Waals surface area contributed by atoms with E-state index in [9.17, 15) is 4.79 Å². The van der Waals surface area contributed by atoms with Crippen LogP contribution in [0.15, 0.2) is 89.5 Å². The maximum atomic E-state index is 14.1. The first-order valence-electron chi connectivity index (χ1n) is 16.2. The lowest BCUT2D eigenvalue weighted by molar-refractivity contribution is -0.172. The highest BCUT2D eigenvalue weighted by Gasteiger charge is 2.40. The number of methoxy groups -OCH3 is 4. The SMILES string of the molecule is COc1cc(OC)c([C@H]2CC(CC/C=C(\C)CCC=C(C)C)=C[C@@H](OC(=O)[C@@](C)(OC)c3cccc4ccccc34)C2)cc1OC. The van der Waals surface area contributed by atoms with Crippen molar-refractivity contribution in [2.24, 2.45) is 0 Å². The Morgan fingerprint density at radius 3 is 2.26 bits per heavy atom. The van der Waals surface area contributed by atoms with Crippen LogP contribution in [-0.4, -0.2) is 40.5 Å². The fraction of sp³-hybridized carbons (Fsp3) is 0.425. The molecule has 0 saturated heterocycles. The summed E-state index contributed by atoms with van der Waals surface area (Å²) < 4.78 is 29.3. The molecule has 0 aromatic heterocycles. The zero-order chi connectivity index (χ0) is 33.3. The molecular weight excluding hydrogens is 576 g/mol. The second-order valence-electron chi connectivity index (χ2n) is 12.5. The molecule has 0 unspecified atom stereocenters. The molecule has 0 bridgehead atoms. The molecule has 4 rings (SSSR count). The van der Waals surface area contributed by atoms with E-state index in [2.05, 4.69) is 39.0 Å². The smallest absolute Gasteiger partial charge is 0.343 e. The Labute approximate surface area is 275 Å². The van der Waals surface area contributed by atoms with E-state index in [4.69, 9.17) is 23.7 Å². The summed E-state index contributed by atoms with van der Waals surface area (Å²) in [6.45, 7) is 8.27. The lowest BCUT2D eigenvalue weighted by Gasteiger charge is -2.33. The first kappa shape index (κ1) is 34.8. The molecule has 3 aromatic carbocycles. The molecule has 3 aromatic rings. The Hall–Kier alpha value is -4.03. The van der Waals surface area contributed by atoms with Gasteiger partial charge in [0.2, 0.25) is 0 Å². The van der Waals surface area contributed by atoms with Crippen molar-refractivity contribution < 1.29 is 28.5 Å². The van der Waals surface area contributed by atoms with E-state index in [1.165, 1.54) is 16.7 Å². The van der Waals surface area contributed by atoms with Gasteiger partial charge in [-0.15, -0.1) is 0 Å². The minimum atomic E-state index is -1.28. The van der Waals surface area contributed by atoms with Gasteiger partial charge in [0.1, 0.15) is 11.9 Å². The van der Waals surface area contributed by atoms with E-state index in [1.54, 1.807) is 35.4 Å². The lowest BCUT2D eigenvalue weighted by Crippen LogP contribution is -2.39. The van der Waals surface area contributed by atoms with Crippen molar-refractivity contribution in [3.05, 3.63) is 101 Å². The number of allylic oxidation sites excluding steroid dienone is 5. The summed E-state index contributed by atoms with van der Waals surface area (Å²) in [6.07, 6.45) is 11.7. The van der Waals surface area contributed by atoms with E-state index in [-0.39, 0.29) is 5.92 Å². The number of esters is 1.